The number of carbonyl (C=O) groups is 1. The van der Waals surface area contributed by atoms with Gasteiger partial charge in [0, 0.05) is 0 Å². The number of nitrogens with one attached hydrogen (secondary N) is 1. The Morgan fingerprint density at radius 3 is 2.58 bits per heavy atom. The minimum Gasteiger partial charge on any atom is -0.364 e. The number of nitrogens with two attached hydrogens (primary N) is 1. The maximum atomic E-state index is 12.1. The van der Waals surface area contributed by atoms with Crippen molar-refractivity contribution in [3.8, 4) is 0 Å². The average molecular weight is 196 g/mol. The molecule has 0 unspecified atom stereocenters. The van der Waals surface area contributed by atoms with Crippen molar-refractivity contribution in [2.75, 3.05) is 0 Å². The number of nitrogens with zero attached hydrogens (tertiary/aromatic N) is 1. The third kappa shape index (κ3) is 1.38. The van der Waals surface area contributed by atoms with Crippen LogP contribution in [0.2, 0.25) is 5.15 Å². The average Bonchev–Trinajstić information content (AvgIpc) is 2.30. The molecule has 1 aromatic heterocycles. The minimum atomic E-state index is -2.86. The van der Waals surface area contributed by atoms with E-state index in [1.54, 1.807) is 0 Å². The Balaban J connectivity index is 3.21. The van der Waals surface area contributed by atoms with E-state index in [-0.39, 0.29) is 5.15 Å². The van der Waals surface area contributed by atoms with E-state index in [1.807, 2.05) is 5.10 Å². The molecule has 0 aliphatic rings. The lowest BCUT2D eigenvalue weighted by molar-refractivity contribution is 0.0981. The third-order valence-corrected chi connectivity index (χ3v) is 1.50. The van der Waals surface area contributed by atoms with Crippen molar-refractivity contribution < 1.29 is 13.6 Å². The predicted molar refractivity (Wildman–Crippen MR) is 37.1 cm³/mol. The molecule has 0 aliphatic carbocycles. The Hall–Kier alpha value is -1.17. The van der Waals surface area contributed by atoms with Gasteiger partial charge in [0.2, 0.25) is 0 Å². The summed E-state index contributed by atoms with van der Waals surface area (Å²) in [4.78, 5) is 10.5. The lowest BCUT2D eigenvalue weighted by Gasteiger charge is -1.96. The number of carbonyl (C=O) groups excluding carboxylic acids is 1. The van der Waals surface area contributed by atoms with Crippen LogP contribution in [0.3, 0.4) is 0 Å². The predicted octanol–water partition coefficient (Wildman–Crippen LogP) is 1.10. The SMILES string of the molecule is NC(=O)c1n[nH]c(Cl)c1C(F)F. The Kier molecular flexibility index (Phi) is 2.27. The van der Waals surface area contributed by atoms with Gasteiger partial charge in [0.05, 0.1) is 5.56 Å². The Morgan fingerprint density at radius 1 is 1.67 bits per heavy atom. The molecule has 0 bridgehead atoms. The quantitative estimate of drug-likeness (QED) is 0.742. The van der Waals surface area contributed by atoms with Crippen molar-refractivity contribution in [1.82, 2.24) is 10.2 Å². The number of alkyl halides is 2. The van der Waals surface area contributed by atoms with Crippen molar-refractivity contribution in [2.45, 2.75) is 6.43 Å². The Morgan fingerprint density at radius 2 is 2.25 bits per heavy atom. The first kappa shape index (κ1) is 8.92. The van der Waals surface area contributed by atoms with E-state index in [0.717, 1.165) is 0 Å². The van der Waals surface area contributed by atoms with Gasteiger partial charge in [-0.25, -0.2) is 8.78 Å². The van der Waals surface area contributed by atoms with Crippen molar-refractivity contribution in [3.05, 3.63) is 16.4 Å². The van der Waals surface area contributed by atoms with Crippen molar-refractivity contribution in [1.29, 1.82) is 0 Å². The van der Waals surface area contributed by atoms with Crippen LogP contribution in [0, 0.1) is 0 Å². The lowest BCUT2D eigenvalue weighted by Crippen LogP contribution is -2.13. The maximum absolute atomic E-state index is 12.1. The van der Waals surface area contributed by atoms with Crippen molar-refractivity contribution in [2.24, 2.45) is 5.73 Å². The van der Waals surface area contributed by atoms with Gasteiger partial charge < -0.3 is 5.73 Å². The second kappa shape index (κ2) is 3.06. The lowest BCUT2D eigenvalue weighted by atomic mass is 10.2. The van der Waals surface area contributed by atoms with Crippen LogP contribution in [-0.2, 0) is 0 Å². The number of H-pyrrole nitrogens is 1. The first-order valence-electron chi connectivity index (χ1n) is 2.85. The molecule has 7 heteroatoms. The van der Waals surface area contributed by atoms with E-state index < -0.39 is 23.6 Å². The Labute approximate surface area is 70.7 Å². The zero-order valence-electron chi connectivity index (χ0n) is 5.64. The molecule has 0 aliphatic heterocycles. The summed E-state index contributed by atoms with van der Waals surface area (Å²) in [5.74, 6) is -1.03. The highest BCUT2D eigenvalue weighted by Gasteiger charge is 2.23. The first-order valence-corrected chi connectivity index (χ1v) is 3.23. The van der Waals surface area contributed by atoms with Gasteiger partial charge in [-0.05, 0) is 0 Å². The van der Waals surface area contributed by atoms with Crippen LogP contribution in [-0.4, -0.2) is 16.1 Å². The molecule has 0 aromatic carbocycles. The summed E-state index contributed by atoms with van der Waals surface area (Å²) < 4.78 is 24.3. The normalized spacial score (nSPS) is 10.7. The maximum Gasteiger partial charge on any atom is 0.269 e. The van der Waals surface area contributed by atoms with Crippen LogP contribution in [0.1, 0.15) is 22.5 Å². The van der Waals surface area contributed by atoms with Crippen molar-refractivity contribution in [3.63, 3.8) is 0 Å². The van der Waals surface area contributed by atoms with E-state index in [1.165, 1.54) is 0 Å². The summed E-state index contributed by atoms with van der Waals surface area (Å²) in [7, 11) is 0. The van der Waals surface area contributed by atoms with Crippen molar-refractivity contribution >= 4 is 17.5 Å². The number of primary amides is 1. The van der Waals surface area contributed by atoms with E-state index in [2.05, 4.69) is 5.10 Å². The molecule has 1 heterocycles. The highest BCUT2D eigenvalue weighted by molar-refractivity contribution is 6.30. The van der Waals surface area contributed by atoms with Gasteiger partial charge in [-0.3, -0.25) is 9.89 Å². The highest BCUT2D eigenvalue weighted by atomic mass is 35.5. The standard InChI is InChI=1S/C5H4ClF2N3O/c6-3-1(4(7)8)2(5(9)12)10-11-3/h4H,(H2,9,12)(H,10,11). The number of aromatic amines is 1. The monoisotopic (exact) mass is 195 g/mol. The van der Waals surface area contributed by atoms with Crippen LogP contribution in [0.5, 0.6) is 0 Å². The molecule has 0 atom stereocenters. The van der Waals surface area contributed by atoms with Crippen LogP contribution >= 0.6 is 11.6 Å². The summed E-state index contributed by atoms with van der Waals surface area (Å²) in [6.45, 7) is 0. The van der Waals surface area contributed by atoms with Gasteiger partial charge in [-0.2, -0.15) is 5.10 Å². The largest absolute Gasteiger partial charge is 0.364 e. The first-order chi connectivity index (χ1) is 5.54. The zero-order chi connectivity index (χ0) is 9.30. The van der Waals surface area contributed by atoms with Gasteiger partial charge in [0.25, 0.3) is 12.3 Å². The van der Waals surface area contributed by atoms with E-state index >= 15 is 0 Å². The fourth-order valence-electron chi connectivity index (χ4n) is 0.716. The van der Waals surface area contributed by atoms with Gasteiger partial charge in [0.15, 0.2) is 5.69 Å². The number of rotatable bonds is 2. The summed E-state index contributed by atoms with van der Waals surface area (Å²) in [5, 5.41) is 4.90. The van der Waals surface area contributed by atoms with Gasteiger partial charge in [-0.15, -0.1) is 0 Å². The smallest absolute Gasteiger partial charge is 0.269 e. The van der Waals surface area contributed by atoms with E-state index in [9.17, 15) is 13.6 Å². The summed E-state index contributed by atoms with van der Waals surface area (Å²) >= 11 is 5.28. The molecule has 0 saturated heterocycles. The molecule has 12 heavy (non-hydrogen) atoms. The molecule has 0 saturated carbocycles. The Bertz CT molecular complexity index is 312. The molecule has 4 nitrogen and oxygen atoms in total. The number of hydrogen-bond donors (Lipinski definition) is 2. The second-order valence-corrected chi connectivity index (χ2v) is 2.34. The summed E-state index contributed by atoms with van der Waals surface area (Å²) in [6.07, 6.45) is -2.86. The molecule has 3 N–H and O–H groups in total. The van der Waals surface area contributed by atoms with E-state index in [4.69, 9.17) is 17.3 Å². The molecule has 0 fully saturated rings. The molecule has 66 valence electrons. The number of hydrogen-bond acceptors (Lipinski definition) is 2. The molecule has 0 radical (unpaired) electrons. The molecule has 1 aromatic rings. The highest BCUT2D eigenvalue weighted by Crippen LogP contribution is 2.27. The number of aromatic nitrogens is 2. The van der Waals surface area contributed by atoms with Crippen LogP contribution in [0.25, 0.3) is 0 Å². The molecule has 1 rings (SSSR count). The summed E-state index contributed by atoms with van der Waals surface area (Å²) in [5.41, 5.74) is 3.58. The third-order valence-electron chi connectivity index (χ3n) is 1.21. The van der Waals surface area contributed by atoms with Crippen LogP contribution in [0.4, 0.5) is 8.78 Å². The fourth-order valence-corrected chi connectivity index (χ4v) is 0.931. The molecule has 1 amide bonds. The fraction of sp³-hybridized carbons (Fsp3) is 0.200. The van der Waals surface area contributed by atoms with Gasteiger partial charge >= 0.3 is 0 Å². The van der Waals surface area contributed by atoms with Crippen LogP contribution in [0.15, 0.2) is 0 Å². The topological polar surface area (TPSA) is 71.8 Å². The number of halogens is 3. The molecular formula is C5H4ClF2N3O. The van der Waals surface area contributed by atoms with Crippen LogP contribution < -0.4 is 5.73 Å². The minimum absolute atomic E-state index is 0.362. The zero-order valence-corrected chi connectivity index (χ0v) is 6.40. The second-order valence-electron chi connectivity index (χ2n) is 1.96. The number of amides is 1. The summed E-state index contributed by atoms with van der Waals surface area (Å²) in [6, 6.07) is 0. The molecule has 0 spiro atoms. The van der Waals surface area contributed by atoms with Gasteiger partial charge in [-0.1, -0.05) is 11.6 Å². The van der Waals surface area contributed by atoms with E-state index in [0.29, 0.717) is 0 Å². The molecular weight excluding hydrogens is 192 g/mol. The van der Waals surface area contributed by atoms with Gasteiger partial charge in [0.1, 0.15) is 5.15 Å².